The molecule has 2 aromatic carbocycles. The van der Waals surface area contributed by atoms with E-state index in [1.54, 1.807) is 13.3 Å². The average Bonchev–Trinajstić information content (AvgIpc) is 2.70. The summed E-state index contributed by atoms with van der Waals surface area (Å²) in [6.45, 7) is 6.25. The summed E-state index contributed by atoms with van der Waals surface area (Å²) in [5.74, 6) is 0.774. The number of hydrogen-bond acceptors (Lipinski definition) is 4. The average molecular weight is 367 g/mol. The van der Waals surface area contributed by atoms with Crippen LogP contribution in [-0.2, 0) is 11.2 Å². The van der Waals surface area contributed by atoms with Crippen LogP contribution in [0.3, 0.4) is 0 Å². The van der Waals surface area contributed by atoms with Gasteiger partial charge in [-0.25, -0.2) is 5.43 Å². The van der Waals surface area contributed by atoms with E-state index >= 15 is 0 Å². The van der Waals surface area contributed by atoms with Gasteiger partial charge in [0.05, 0.1) is 13.3 Å². The molecule has 0 aromatic heterocycles. The van der Waals surface area contributed by atoms with Gasteiger partial charge in [0.15, 0.2) is 0 Å². The van der Waals surface area contributed by atoms with Gasteiger partial charge in [0.1, 0.15) is 5.75 Å². The third kappa shape index (κ3) is 6.77. The lowest BCUT2D eigenvalue weighted by Gasteiger charge is -2.20. The molecule has 0 atom stereocenters. The lowest BCUT2D eigenvalue weighted by molar-refractivity contribution is -0.121. The Morgan fingerprint density at radius 3 is 2.33 bits per heavy atom. The SMILES string of the molecule is CCN(CC)c1ccc(/C=N/NC(=O)CCCc2ccc(OC)cc2)cc1. The highest BCUT2D eigenvalue weighted by molar-refractivity contribution is 5.82. The Kier molecular flexibility index (Phi) is 8.36. The van der Waals surface area contributed by atoms with Crippen molar-refractivity contribution in [2.75, 3.05) is 25.1 Å². The van der Waals surface area contributed by atoms with E-state index in [1.165, 1.54) is 11.3 Å². The number of methoxy groups -OCH3 is 1. The van der Waals surface area contributed by atoms with Crippen molar-refractivity contribution in [1.82, 2.24) is 5.43 Å². The number of hydrazone groups is 1. The Hall–Kier alpha value is -2.82. The van der Waals surface area contributed by atoms with E-state index in [4.69, 9.17) is 4.74 Å². The van der Waals surface area contributed by atoms with E-state index in [0.29, 0.717) is 6.42 Å². The number of nitrogens with one attached hydrogen (secondary N) is 1. The minimum Gasteiger partial charge on any atom is -0.497 e. The van der Waals surface area contributed by atoms with Gasteiger partial charge in [-0.15, -0.1) is 0 Å². The molecule has 2 rings (SSSR count). The molecule has 5 heteroatoms. The summed E-state index contributed by atoms with van der Waals surface area (Å²) in [5.41, 5.74) is 5.95. The van der Waals surface area contributed by atoms with E-state index in [1.807, 2.05) is 36.4 Å². The van der Waals surface area contributed by atoms with Gasteiger partial charge in [-0.05, 0) is 62.1 Å². The number of ether oxygens (including phenoxy) is 1. The lowest BCUT2D eigenvalue weighted by atomic mass is 10.1. The maximum Gasteiger partial charge on any atom is 0.240 e. The molecule has 0 saturated carbocycles. The minimum absolute atomic E-state index is 0.0699. The first kappa shape index (κ1) is 20.5. The molecule has 1 amide bonds. The van der Waals surface area contributed by atoms with E-state index < -0.39 is 0 Å². The molecule has 5 nitrogen and oxygen atoms in total. The van der Waals surface area contributed by atoms with E-state index in [2.05, 4.69) is 41.4 Å². The molecule has 0 saturated heterocycles. The molecule has 0 radical (unpaired) electrons. The van der Waals surface area contributed by atoms with Crippen molar-refractivity contribution >= 4 is 17.8 Å². The van der Waals surface area contributed by atoms with Crippen LogP contribution in [0.15, 0.2) is 53.6 Å². The second-order valence-corrected chi connectivity index (χ2v) is 6.26. The zero-order valence-electron chi connectivity index (χ0n) is 16.4. The monoisotopic (exact) mass is 367 g/mol. The first-order valence-electron chi connectivity index (χ1n) is 9.46. The number of carbonyl (C=O) groups excluding carboxylic acids is 1. The van der Waals surface area contributed by atoms with E-state index in [0.717, 1.165) is 37.2 Å². The van der Waals surface area contributed by atoms with Crippen LogP contribution < -0.4 is 15.1 Å². The minimum atomic E-state index is -0.0699. The van der Waals surface area contributed by atoms with Crippen molar-refractivity contribution < 1.29 is 9.53 Å². The highest BCUT2D eigenvalue weighted by Gasteiger charge is 2.02. The normalized spacial score (nSPS) is 10.8. The van der Waals surface area contributed by atoms with Gasteiger partial charge in [-0.2, -0.15) is 5.10 Å². The van der Waals surface area contributed by atoms with Gasteiger partial charge in [-0.3, -0.25) is 4.79 Å². The molecule has 27 heavy (non-hydrogen) atoms. The maximum absolute atomic E-state index is 11.9. The number of anilines is 1. The molecule has 1 N–H and O–H groups in total. The number of aryl methyl sites for hydroxylation is 1. The van der Waals surface area contributed by atoms with E-state index in [9.17, 15) is 4.79 Å². The zero-order chi connectivity index (χ0) is 19.5. The number of amides is 1. The van der Waals surface area contributed by atoms with Crippen molar-refractivity contribution in [1.29, 1.82) is 0 Å². The van der Waals surface area contributed by atoms with Crippen molar-refractivity contribution in [2.45, 2.75) is 33.1 Å². The van der Waals surface area contributed by atoms with Crippen molar-refractivity contribution in [3.8, 4) is 5.75 Å². The first-order chi connectivity index (χ1) is 13.2. The topological polar surface area (TPSA) is 53.9 Å². The van der Waals surface area contributed by atoms with Gasteiger partial charge in [-0.1, -0.05) is 24.3 Å². The predicted octanol–water partition coefficient (Wildman–Crippen LogP) is 4.01. The lowest BCUT2D eigenvalue weighted by Crippen LogP contribution is -2.21. The third-order valence-electron chi connectivity index (χ3n) is 4.45. The van der Waals surface area contributed by atoms with Crippen LogP contribution in [0.1, 0.15) is 37.8 Å². The number of hydrogen-bond donors (Lipinski definition) is 1. The highest BCUT2D eigenvalue weighted by atomic mass is 16.5. The highest BCUT2D eigenvalue weighted by Crippen LogP contribution is 2.14. The summed E-state index contributed by atoms with van der Waals surface area (Å²) in [6.07, 6.45) is 3.76. The van der Waals surface area contributed by atoms with Gasteiger partial charge in [0.25, 0.3) is 0 Å². The predicted molar refractivity (Wildman–Crippen MR) is 112 cm³/mol. The fourth-order valence-corrected chi connectivity index (χ4v) is 2.84. The van der Waals surface area contributed by atoms with Gasteiger partial charge in [0, 0.05) is 25.2 Å². The second kappa shape index (κ2) is 11.0. The van der Waals surface area contributed by atoms with Crippen LogP contribution in [0.5, 0.6) is 5.75 Å². The molecule has 0 aliphatic carbocycles. The Labute approximate surface area is 162 Å². The number of benzene rings is 2. The summed E-state index contributed by atoms with van der Waals surface area (Å²) in [4.78, 5) is 14.2. The molecular formula is C22H29N3O2. The van der Waals surface area contributed by atoms with Crippen LogP contribution >= 0.6 is 0 Å². The molecule has 144 valence electrons. The largest absolute Gasteiger partial charge is 0.497 e. The van der Waals surface area contributed by atoms with Gasteiger partial charge in [0.2, 0.25) is 5.91 Å². The van der Waals surface area contributed by atoms with Crippen LogP contribution in [0, 0.1) is 0 Å². The fourth-order valence-electron chi connectivity index (χ4n) is 2.84. The molecule has 0 bridgehead atoms. The van der Waals surface area contributed by atoms with Crippen molar-refractivity contribution in [2.24, 2.45) is 5.10 Å². The smallest absolute Gasteiger partial charge is 0.240 e. The molecular weight excluding hydrogens is 338 g/mol. The van der Waals surface area contributed by atoms with Crippen LogP contribution in [0.25, 0.3) is 0 Å². The maximum atomic E-state index is 11.9. The molecule has 0 unspecified atom stereocenters. The van der Waals surface area contributed by atoms with Gasteiger partial charge < -0.3 is 9.64 Å². The van der Waals surface area contributed by atoms with Crippen molar-refractivity contribution in [3.63, 3.8) is 0 Å². The first-order valence-corrected chi connectivity index (χ1v) is 9.46. The Bertz CT molecular complexity index is 720. The second-order valence-electron chi connectivity index (χ2n) is 6.26. The fraction of sp³-hybridized carbons (Fsp3) is 0.364. The van der Waals surface area contributed by atoms with Gasteiger partial charge >= 0.3 is 0 Å². The van der Waals surface area contributed by atoms with E-state index in [-0.39, 0.29) is 5.91 Å². The number of carbonyl (C=O) groups is 1. The summed E-state index contributed by atoms with van der Waals surface area (Å²) in [7, 11) is 1.65. The summed E-state index contributed by atoms with van der Waals surface area (Å²) >= 11 is 0. The van der Waals surface area contributed by atoms with Crippen LogP contribution in [0.4, 0.5) is 5.69 Å². The van der Waals surface area contributed by atoms with Crippen molar-refractivity contribution in [3.05, 3.63) is 59.7 Å². The molecule has 0 fully saturated rings. The van der Waals surface area contributed by atoms with Crippen LogP contribution in [0.2, 0.25) is 0 Å². The standard InChI is InChI=1S/C22H29N3O2/c1-4-25(5-2)20-13-9-19(10-14-20)17-23-24-22(26)8-6-7-18-11-15-21(27-3)16-12-18/h9-17H,4-8H2,1-3H3,(H,24,26)/b23-17+. The summed E-state index contributed by atoms with van der Waals surface area (Å²) in [5, 5.41) is 4.05. The molecule has 0 spiro atoms. The molecule has 0 heterocycles. The van der Waals surface area contributed by atoms with Crippen LogP contribution in [-0.4, -0.2) is 32.3 Å². The third-order valence-corrected chi connectivity index (χ3v) is 4.45. The Morgan fingerprint density at radius 1 is 1.07 bits per heavy atom. The quantitative estimate of drug-likeness (QED) is 0.510. The summed E-state index contributed by atoms with van der Waals surface area (Å²) < 4.78 is 5.14. The zero-order valence-corrected chi connectivity index (χ0v) is 16.4. The Balaban J connectivity index is 1.72. The number of nitrogens with zero attached hydrogens (tertiary/aromatic N) is 2. The Morgan fingerprint density at radius 2 is 1.74 bits per heavy atom. The molecule has 2 aromatic rings. The molecule has 0 aliphatic heterocycles. The summed E-state index contributed by atoms with van der Waals surface area (Å²) in [6, 6.07) is 16.1. The number of rotatable bonds is 10. The molecule has 0 aliphatic rings.